The van der Waals surface area contributed by atoms with E-state index < -0.39 is 6.10 Å². The third-order valence-electron chi connectivity index (χ3n) is 4.26. The molecule has 1 aromatic rings. The molecule has 1 aliphatic rings. The molecule has 6 nitrogen and oxygen atoms in total. The average Bonchev–Trinajstić information content (AvgIpc) is 3.02. The molecule has 3 N–H and O–H groups in total. The van der Waals surface area contributed by atoms with Crippen LogP contribution in [0.2, 0.25) is 0 Å². The summed E-state index contributed by atoms with van der Waals surface area (Å²) in [4.78, 5) is 12.0. The number of carbonyl (C=O) groups excluding carboxylic acids is 1. The first kappa shape index (κ1) is 18.9. The molecular weight excluding hydrogens is 304 g/mol. The van der Waals surface area contributed by atoms with Gasteiger partial charge in [-0.1, -0.05) is 20.3 Å². The Morgan fingerprint density at radius 1 is 1.64 bits per heavy atom. The first-order chi connectivity index (χ1) is 10.1. The van der Waals surface area contributed by atoms with E-state index in [9.17, 15) is 9.90 Å². The van der Waals surface area contributed by atoms with Gasteiger partial charge < -0.3 is 15.7 Å². The number of halogens is 1. The van der Waals surface area contributed by atoms with Crippen molar-refractivity contribution in [2.24, 2.45) is 5.92 Å². The summed E-state index contributed by atoms with van der Waals surface area (Å²) in [5, 5.41) is 20.3. The number of aliphatic hydroxyl groups excluding tert-OH is 1. The van der Waals surface area contributed by atoms with Crippen LogP contribution in [0.4, 0.5) is 0 Å². The van der Waals surface area contributed by atoms with Crippen molar-refractivity contribution in [3.05, 3.63) is 18.0 Å². The van der Waals surface area contributed by atoms with Gasteiger partial charge in [-0.3, -0.25) is 9.48 Å². The number of nitrogens with zero attached hydrogens (tertiary/aromatic N) is 2. The van der Waals surface area contributed by atoms with Gasteiger partial charge in [0.25, 0.3) is 5.91 Å². The summed E-state index contributed by atoms with van der Waals surface area (Å²) in [6, 6.07) is 2.06. The molecule has 22 heavy (non-hydrogen) atoms. The normalized spacial score (nSPS) is 20.8. The zero-order valence-corrected chi connectivity index (χ0v) is 14.1. The van der Waals surface area contributed by atoms with Crippen molar-refractivity contribution in [3.63, 3.8) is 0 Å². The topological polar surface area (TPSA) is 79.2 Å². The molecule has 1 aromatic heterocycles. The number of carbonyl (C=O) groups is 1. The van der Waals surface area contributed by atoms with Gasteiger partial charge in [-0.05, 0) is 31.4 Å². The van der Waals surface area contributed by atoms with E-state index in [4.69, 9.17) is 0 Å². The second-order valence-corrected chi connectivity index (χ2v) is 5.84. The van der Waals surface area contributed by atoms with Crippen LogP contribution in [0.1, 0.15) is 49.6 Å². The molecule has 1 aliphatic heterocycles. The molecule has 1 amide bonds. The van der Waals surface area contributed by atoms with Crippen LogP contribution >= 0.6 is 12.4 Å². The molecule has 3 unspecified atom stereocenters. The van der Waals surface area contributed by atoms with Gasteiger partial charge in [-0.15, -0.1) is 12.4 Å². The fourth-order valence-corrected chi connectivity index (χ4v) is 2.48. The molecule has 0 aliphatic carbocycles. The minimum atomic E-state index is -0.511. The minimum absolute atomic E-state index is 0. The van der Waals surface area contributed by atoms with Gasteiger partial charge in [-0.25, -0.2) is 0 Å². The second-order valence-electron chi connectivity index (χ2n) is 5.84. The number of hydrogen-bond donors (Lipinski definition) is 3. The summed E-state index contributed by atoms with van der Waals surface area (Å²) in [5.41, 5.74) is 0.414. The van der Waals surface area contributed by atoms with Crippen molar-refractivity contribution < 1.29 is 9.90 Å². The van der Waals surface area contributed by atoms with Gasteiger partial charge >= 0.3 is 0 Å². The first-order valence-corrected chi connectivity index (χ1v) is 7.84. The molecular formula is C15H27ClN4O2. The Labute approximate surface area is 138 Å². The Hall–Kier alpha value is -1.11. The Morgan fingerprint density at radius 2 is 2.41 bits per heavy atom. The lowest BCUT2D eigenvalue weighted by molar-refractivity contribution is 0.0845. The van der Waals surface area contributed by atoms with Crippen LogP contribution in [0, 0.1) is 5.92 Å². The monoisotopic (exact) mass is 330 g/mol. The number of hydrogen-bond acceptors (Lipinski definition) is 4. The summed E-state index contributed by atoms with van der Waals surface area (Å²) in [7, 11) is 0. The summed E-state index contributed by atoms with van der Waals surface area (Å²) >= 11 is 0. The lowest BCUT2D eigenvalue weighted by Gasteiger charge is -2.22. The van der Waals surface area contributed by atoms with E-state index in [1.165, 1.54) is 0 Å². The highest BCUT2D eigenvalue weighted by atomic mass is 35.5. The molecule has 0 spiro atoms. The number of aromatic nitrogens is 2. The fraction of sp³-hybridized carbons (Fsp3) is 0.733. The molecule has 0 saturated carbocycles. The SMILES string of the molecule is CCC(C)C(O)CNC(=O)c1ccn(C2CCCNC2)n1.Cl. The van der Waals surface area contributed by atoms with E-state index in [0.717, 1.165) is 32.4 Å². The predicted molar refractivity (Wildman–Crippen MR) is 88.4 cm³/mol. The second kappa shape index (κ2) is 9.12. The highest BCUT2D eigenvalue weighted by Gasteiger charge is 2.19. The zero-order valence-electron chi connectivity index (χ0n) is 13.3. The van der Waals surface area contributed by atoms with Crippen LogP contribution in [0.5, 0.6) is 0 Å². The lowest BCUT2D eigenvalue weighted by atomic mass is 10.0. The molecule has 3 atom stereocenters. The van der Waals surface area contributed by atoms with E-state index in [1.54, 1.807) is 6.07 Å². The molecule has 1 saturated heterocycles. The molecule has 1 fully saturated rings. The number of nitrogens with one attached hydrogen (secondary N) is 2. The van der Waals surface area contributed by atoms with Crippen molar-refractivity contribution in [3.8, 4) is 0 Å². The third kappa shape index (κ3) is 4.97. The summed E-state index contributed by atoms with van der Waals surface area (Å²) in [6.07, 6.45) is 4.46. The van der Waals surface area contributed by atoms with Gasteiger partial charge in [-0.2, -0.15) is 5.10 Å². The molecule has 2 rings (SSSR count). The van der Waals surface area contributed by atoms with E-state index in [-0.39, 0.29) is 30.8 Å². The highest BCUT2D eigenvalue weighted by Crippen LogP contribution is 2.15. The van der Waals surface area contributed by atoms with Crippen molar-refractivity contribution >= 4 is 18.3 Å². The van der Waals surface area contributed by atoms with Crippen molar-refractivity contribution in [2.45, 2.75) is 45.3 Å². The van der Waals surface area contributed by atoms with Gasteiger partial charge in [0.1, 0.15) is 5.69 Å². The Bertz CT molecular complexity index is 460. The number of aliphatic hydroxyl groups is 1. The van der Waals surface area contributed by atoms with Gasteiger partial charge in [0.05, 0.1) is 12.1 Å². The van der Waals surface area contributed by atoms with Crippen molar-refractivity contribution in [2.75, 3.05) is 19.6 Å². The number of piperidine rings is 1. The quantitative estimate of drug-likeness (QED) is 0.736. The highest BCUT2D eigenvalue weighted by molar-refractivity contribution is 5.92. The molecule has 0 bridgehead atoms. The van der Waals surface area contributed by atoms with Crippen LogP contribution < -0.4 is 10.6 Å². The third-order valence-corrected chi connectivity index (χ3v) is 4.26. The summed E-state index contributed by atoms with van der Waals surface area (Å²) < 4.78 is 1.87. The number of rotatable bonds is 6. The summed E-state index contributed by atoms with van der Waals surface area (Å²) in [5.74, 6) is -0.0453. The molecule has 7 heteroatoms. The largest absolute Gasteiger partial charge is 0.391 e. The van der Waals surface area contributed by atoms with E-state index >= 15 is 0 Å². The first-order valence-electron chi connectivity index (χ1n) is 7.84. The van der Waals surface area contributed by atoms with E-state index in [2.05, 4.69) is 15.7 Å². The Balaban J connectivity index is 0.00000242. The van der Waals surface area contributed by atoms with Crippen LogP contribution in [-0.2, 0) is 0 Å². The minimum Gasteiger partial charge on any atom is -0.391 e. The maximum absolute atomic E-state index is 12.0. The average molecular weight is 331 g/mol. The van der Waals surface area contributed by atoms with Crippen molar-refractivity contribution in [1.29, 1.82) is 0 Å². The summed E-state index contributed by atoms with van der Waals surface area (Å²) in [6.45, 7) is 6.22. The zero-order chi connectivity index (χ0) is 15.2. The van der Waals surface area contributed by atoms with Crippen molar-refractivity contribution in [1.82, 2.24) is 20.4 Å². The lowest BCUT2D eigenvalue weighted by Crippen LogP contribution is -2.36. The van der Waals surface area contributed by atoms with Crippen LogP contribution in [0.25, 0.3) is 0 Å². The van der Waals surface area contributed by atoms with Gasteiger partial charge in [0.2, 0.25) is 0 Å². The molecule has 0 radical (unpaired) electrons. The van der Waals surface area contributed by atoms with Crippen LogP contribution in [-0.4, -0.2) is 46.5 Å². The maximum atomic E-state index is 12.0. The molecule has 0 aromatic carbocycles. The van der Waals surface area contributed by atoms with Gasteiger partial charge in [0.15, 0.2) is 0 Å². The molecule has 2 heterocycles. The van der Waals surface area contributed by atoms with Gasteiger partial charge in [0, 0.05) is 19.3 Å². The standard InChI is InChI=1S/C15H26N4O2.ClH/c1-3-11(2)14(20)10-17-15(21)13-6-8-19(18-13)12-5-4-7-16-9-12;/h6,8,11-12,14,16,20H,3-5,7,9-10H2,1-2H3,(H,17,21);1H. The van der Waals surface area contributed by atoms with Crippen LogP contribution in [0.3, 0.4) is 0 Å². The Kier molecular flexibility index (Phi) is 7.85. The fourth-order valence-electron chi connectivity index (χ4n) is 2.48. The van der Waals surface area contributed by atoms with E-state index in [1.807, 2.05) is 24.7 Å². The predicted octanol–water partition coefficient (Wildman–Crippen LogP) is 1.37. The van der Waals surface area contributed by atoms with E-state index in [0.29, 0.717) is 11.7 Å². The molecule has 126 valence electrons. The Morgan fingerprint density at radius 3 is 3.05 bits per heavy atom. The maximum Gasteiger partial charge on any atom is 0.271 e. The van der Waals surface area contributed by atoms with Crippen LogP contribution in [0.15, 0.2) is 12.3 Å². The number of amides is 1. The smallest absolute Gasteiger partial charge is 0.271 e.